The molecule has 0 aromatic carbocycles. The maximum atomic E-state index is 5.47. The fourth-order valence-corrected chi connectivity index (χ4v) is 1.88. The fourth-order valence-electron chi connectivity index (χ4n) is 1.88. The van der Waals surface area contributed by atoms with Crippen molar-refractivity contribution in [2.45, 2.75) is 31.8 Å². The van der Waals surface area contributed by atoms with Crippen LogP contribution in [0.3, 0.4) is 0 Å². The van der Waals surface area contributed by atoms with Gasteiger partial charge in [-0.15, -0.1) is 0 Å². The molecule has 0 amide bonds. The van der Waals surface area contributed by atoms with Crippen molar-refractivity contribution >= 4 is 0 Å². The van der Waals surface area contributed by atoms with Gasteiger partial charge in [-0.1, -0.05) is 0 Å². The first-order chi connectivity index (χ1) is 6.90. The third-order valence-electron chi connectivity index (χ3n) is 2.68. The van der Waals surface area contributed by atoms with Crippen molar-refractivity contribution in [2.24, 2.45) is 5.73 Å². The smallest absolute Gasteiger partial charge is 0.101 e. The summed E-state index contributed by atoms with van der Waals surface area (Å²) in [6.45, 7) is 1.87. The second-order valence-electron chi connectivity index (χ2n) is 3.83. The molecule has 0 spiro atoms. The molecule has 0 aliphatic carbocycles. The molecule has 1 aromatic rings. The van der Waals surface area contributed by atoms with Gasteiger partial charge in [-0.3, -0.25) is 10.00 Å². The second-order valence-corrected chi connectivity index (χ2v) is 3.83. The molecule has 1 aliphatic rings. The van der Waals surface area contributed by atoms with E-state index in [-0.39, 0.29) is 0 Å². The summed E-state index contributed by atoms with van der Waals surface area (Å²) in [5.41, 5.74) is 6.76. The standard InChI is InChI=1S/C10H18N4/c11-5-1-3-9-7-13-14(8-9)10-4-2-6-12-10/h7-8,10,12H,1-6,11H2. The molecule has 1 atom stereocenters. The van der Waals surface area contributed by atoms with Crippen molar-refractivity contribution in [2.75, 3.05) is 13.1 Å². The molecule has 1 aromatic heterocycles. The van der Waals surface area contributed by atoms with Crippen LogP contribution in [-0.2, 0) is 6.42 Å². The first kappa shape index (κ1) is 9.68. The first-order valence-corrected chi connectivity index (χ1v) is 5.36. The highest BCUT2D eigenvalue weighted by Gasteiger charge is 2.16. The summed E-state index contributed by atoms with van der Waals surface area (Å²) < 4.78 is 2.04. The van der Waals surface area contributed by atoms with Gasteiger partial charge in [0.25, 0.3) is 0 Å². The summed E-state index contributed by atoms with van der Waals surface area (Å²) in [5.74, 6) is 0. The molecular weight excluding hydrogens is 176 g/mol. The Labute approximate surface area is 84.5 Å². The zero-order valence-electron chi connectivity index (χ0n) is 8.45. The minimum absolute atomic E-state index is 0.418. The summed E-state index contributed by atoms with van der Waals surface area (Å²) in [5, 5.41) is 7.78. The van der Waals surface area contributed by atoms with Crippen LogP contribution < -0.4 is 11.1 Å². The van der Waals surface area contributed by atoms with Gasteiger partial charge in [0.2, 0.25) is 0 Å². The second kappa shape index (κ2) is 4.57. The van der Waals surface area contributed by atoms with Crippen LogP contribution in [0.2, 0.25) is 0 Å². The Bertz CT molecular complexity index is 275. The van der Waals surface area contributed by atoms with Crippen LogP contribution in [0.25, 0.3) is 0 Å². The van der Waals surface area contributed by atoms with Crippen molar-refractivity contribution < 1.29 is 0 Å². The van der Waals surface area contributed by atoms with E-state index in [0.29, 0.717) is 6.17 Å². The zero-order chi connectivity index (χ0) is 9.80. The van der Waals surface area contributed by atoms with E-state index in [0.717, 1.165) is 25.9 Å². The predicted octanol–water partition coefficient (Wildman–Crippen LogP) is 0.656. The SMILES string of the molecule is NCCCc1cnn(C2CCCN2)c1. The lowest BCUT2D eigenvalue weighted by Crippen LogP contribution is -2.20. The zero-order valence-corrected chi connectivity index (χ0v) is 8.45. The molecular formula is C10H18N4. The minimum Gasteiger partial charge on any atom is -0.330 e. The van der Waals surface area contributed by atoms with Gasteiger partial charge in [-0.25, -0.2) is 0 Å². The van der Waals surface area contributed by atoms with Crippen LogP contribution in [-0.4, -0.2) is 22.9 Å². The molecule has 14 heavy (non-hydrogen) atoms. The van der Waals surface area contributed by atoms with Gasteiger partial charge >= 0.3 is 0 Å². The largest absolute Gasteiger partial charge is 0.330 e. The van der Waals surface area contributed by atoms with E-state index < -0.39 is 0 Å². The van der Waals surface area contributed by atoms with Gasteiger partial charge in [0, 0.05) is 6.20 Å². The first-order valence-electron chi connectivity index (χ1n) is 5.36. The number of aryl methyl sites for hydroxylation is 1. The Hall–Kier alpha value is -0.870. The van der Waals surface area contributed by atoms with E-state index in [9.17, 15) is 0 Å². The summed E-state index contributed by atoms with van der Waals surface area (Å²) in [4.78, 5) is 0. The van der Waals surface area contributed by atoms with Crippen LogP contribution >= 0.6 is 0 Å². The molecule has 3 N–H and O–H groups in total. The van der Waals surface area contributed by atoms with Crippen LogP contribution in [0.5, 0.6) is 0 Å². The molecule has 1 unspecified atom stereocenters. The minimum atomic E-state index is 0.418. The molecule has 0 bridgehead atoms. The number of nitrogens with zero attached hydrogens (tertiary/aromatic N) is 2. The Morgan fingerprint density at radius 2 is 2.57 bits per heavy atom. The highest BCUT2D eigenvalue weighted by Crippen LogP contribution is 2.16. The molecule has 78 valence electrons. The normalized spacial score (nSPS) is 21.6. The monoisotopic (exact) mass is 194 g/mol. The predicted molar refractivity (Wildman–Crippen MR) is 55.9 cm³/mol. The van der Waals surface area contributed by atoms with Crippen molar-refractivity contribution in [1.82, 2.24) is 15.1 Å². The maximum absolute atomic E-state index is 5.47. The van der Waals surface area contributed by atoms with E-state index in [1.807, 2.05) is 10.9 Å². The maximum Gasteiger partial charge on any atom is 0.101 e. The topological polar surface area (TPSA) is 55.9 Å². The number of hydrogen-bond donors (Lipinski definition) is 2. The average Bonchev–Trinajstić information content (AvgIpc) is 2.85. The van der Waals surface area contributed by atoms with Gasteiger partial charge in [0.15, 0.2) is 0 Å². The van der Waals surface area contributed by atoms with Crippen molar-refractivity contribution in [3.63, 3.8) is 0 Å². The average molecular weight is 194 g/mol. The van der Waals surface area contributed by atoms with Crippen molar-refractivity contribution in [3.8, 4) is 0 Å². The summed E-state index contributed by atoms with van der Waals surface area (Å²) in [7, 11) is 0. The van der Waals surface area contributed by atoms with Crippen LogP contribution in [0, 0.1) is 0 Å². The lowest BCUT2D eigenvalue weighted by atomic mass is 10.2. The number of hydrogen-bond acceptors (Lipinski definition) is 3. The Balaban J connectivity index is 1.94. The summed E-state index contributed by atoms with van der Waals surface area (Å²) in [6, 6.07) is 0. The molecule has 4 heteroatoms. The molecule has 1 saturated heterocycles. The van der Waals surface area contributed by atoms with Crippen molar-refractivity contribution in [3.05, 3.63) is 18.0 Å². The molecule has 4 nitrogen and oxygen atoms in total. The van der Waals surface area contributed by atoms with Gasteiger partial charge in [-0.05, 0) is 44.3 Å². The Morgan fingerprint density at radius 1 is 1.64 bits per heavy atom. The van der Waals surface area contributed by atoms with Crippen molar-refractivity contribution in [1.29, 1.82) is 0 Å². The van der Waals surface area contributed by atoms with Gasteiger partial charge in [-0.2, -0.15) is 5.10 Å². The molecule has 2 heterocycles. The van der Waals surface area contributed by atoms with Gasteiger partial charge in [0.1, 0.15) is 6.17 Å². The Kier molecular flexibility index (Phi) is 3.16. The lowest BCUT2D eigenvalue weighted by molar-refractivity contribution is 0.424. The number of nitrogens with one attached hydrogen (secondary N) is 1. The summed E-state index contributed by atoms with van der Waals surface area (Å²) in [6.07, 6.45) is 9.05. The third-order valence-corrected chi connectivity index (χ3v) is 2.68. The molecule has 1 fully saturated rings. The molecule has 0 radical (unpaired) electrons. The highest BCUT2D eigenvalue weighted by atomic mass is 15.4. The fraction of sp³-hybridized carbons (Fsp3) is 0.700. The van der Waals surface area contributed by atoms with Crippen LogP contribution in [0.15, 0.2) is 12.4 Å². The number of aromatic nitrogens is 2. The molecule has 0 saturated carbocycles. The van der Waals surface area contributed by atoms with Crippen LogP contribution in [0.4, 0.5) is 0 Å². The highest BCUT2D eigenvalue weighted by molar-refractivity contribution is 5.04. The number of nitrogens with two attached hydrogens (primary N) is 1. The molecule has 1 aliphatic heterocycles. The quantitative estimate of drug-likeness (QED) is 0.740. The van der Waals surface area contributed by atoms with Gasteiger partial charge < -0.3 is 5.73 Å². The van der Waals surface area contributed by atoms with E-state index in [2.05, 4.69) is 16.6 Å². The third kappa shape index (κ3) is 2.13. The van der Waals surface area contributed by atoms with E-state index in [1.54, 1.807) is 0 Å². The summed E-state index contributed by atoms with van der Waals surface area (Å²) >= 11 is 0. The van der Waals surface area contributed by atoms with Crippen LogP contribution in [0.1, 0.15) is 31.0 Å². The van der Waals surface area contributed by atoms with Gasteiger partial charge in [0.05, 0.1) is 6.20 Å². The Morgan fingerprint density at radius 3 is 3.29 bits per heavy atom. The molecule has 2 rings (SSSR count). The lowest BCUT2D eigenvalue weighted by Gasteiger charge is -2.09. The van der Waals surface area contributed by atoms with E-state index in [1.165, 1.54) is 18.4 Å². The number of rotatable bonds is 4. The van der Waals surface area contributed by atoms with E-state index in [4.69, 9.17) is 5.73 Å². The van der Waals surface area contributed by atoms with E-state index >= 15 is 0 Å².